The molecule has 0 aliphatic rings. The van der Waals surface area contributed by atoms with E-state index in [-0.39, 0.29) is 12.5 Å². The maximum Gasteiger partial charge on any atom is 0.326 e. The summed E-state index contributed by atoms with van der Waals surface area (Å²) in [4.78, 5) is 44.8. The highest BCUT2D eigenvalue weighted by Crippen LogP contribution is 2.03. The number of ether oxygens (including phenoxy) is 1. The number of esters is 1. The lowest BCUT2D eigenvalue weighted by Crippen LogP contribution is -2.53. The second-order valence-corrected chi connectivity index (χ2v) is 4.75. The smallest absolute Gasteiger partial charge is 0.326 e. The van der Waals surface area contributed by atoms with Crippen molar-refractivity contribution in [3.8, 4) is 0 Å². The third kappa shape index (κ3) is 7.25. The van der Waals surface area contributed by atoms with Crippen LogP contribution >= 0.6 is 0 Å². The molecule has 9 heteroatoms. The van der Waals surface area contributed by atoms with Gasteiger partial charge in [0.15, 0.2) is 0 Å². The van der Waals surface area contributed by atoms with E-state index in [0.29, 0.717) is 0 Å². The van der Waals surface area contributed by atoms with E-state index in [2.05, 4.69) is 15.4 Å². The maximum absolute atomic E-state index is 12.0. The molecule has 0 saturated heterocycles. The fourth-order valence-corrected chi connectivity index (χ4v) is 1.56. The van der Waals surface area contributed by atoms with E-state index in [4.69, 9.17) is 10.8 Å². The SMILES string of the molecule is COC(=O)CN[C@H](C(=O)N[C@@H](CC(N)=O)C(=O)O)C(C)C. The number of carboxylic acid groups (broad SMARTS) is 1. The number of methoxy groups -OCH3 is 1. The number of primary amides is 1. The van der Waals surface area contributed by atoms with Crippen molar-refractivity contribution in [3.63, 3.8) is 0 Å². The zero-order valence-corrected chi connectivity index (χ0v) is 12.2. The molecule has 2 amide bonds. The Balaban J connectivity index is 4.75. The van der Waals surface area contributed by atoms with E-state index >= 15 is 0 Å². The van der Waals surface area contributed by atoms with E-state index in [1.54, 1.807) is 13.8 Å². The van der Waals surface area contributed by atoms with Gasteiger partial charge in [-0.2, -0.15) is 0 Å². The summed E-state index contributed by atoms with van der Waals surface area (Å²) >= 11 is 0. The van der Waals surface area contributed by atoms with Crippen molar-refractivity contribution in [1.29, 1.82) is 0 Å². The molecule has 0 aliphatic carbocycles. The maximum atomic E-state index is 12.0. The monoisotopic (exact) mass is 303 g/mol. The van der Waals surface area contributed by atoms with E-state index in [1.807, 2.05) is 0 Å². The van der Waals surface area contributed by atoms with Gasteiger partial charge in [0.1, 0.15) is 6.04 Å². The first-order chi connectivity index (χ1) is 9.68. The van der Waals surface area contributed by atoms with Gasteiger partial charge in [0.2, 0.25) is 11.8 Å². The summed E-state index contributed by atoms with van der Waals surface area (Å²) in [7, 11) is 1.21. The topological polar surface area (TPSA) is 148 Å². The van der Waals surface area contributed by atoms with Gasteiger partial charge in [-0.05, 0) is 5.92 Å². The molecule has 9 nitrogen and oxygen atoms in total. The molecule has 0 unspecified atom stereocenters. The molecule has 0 saturated carbocycles. The molecule has 0 rings (SSSR count). The van der Waals surface area contributed by atoms with E-state index in [9.17, 15) is 19.2 Å². The fraction of sp³-hybridized carbons (Fsp3) is 0.667. The van der Waals surface area contributed by atoms with Gasteiger partial charge in [-0.15, -0.1) is 0 Å². The summed E-state index contributed by atoms with van der Waals surface area (Å²) < 4.78 is 4.44. The van der Waals surface area contributed by atoms with Gasteiger partial charge in [-0.25, -0.2) is 4.79 Å². The average molecular weight is 303 g/mol. The summed E-state index contributed by atoms with van der Waals surface area (Å²) in [5, 5.41) is 13.8. The quantitative estimate of drug-likeness (QED) is 0.368. The van der Waals surface area contributed by atoms with Crippen molar-refractivity contribution in [2.24, 2.45) is 11.7 Å². The van der Waals surface area contributed by atoms with E-state index < -0.39 is 42.3 Å². The molecule has 5 N–H and O–H groups in total. The van der Waals surface area contributed by atoms with Crippen molar-refractivity contribution < 1.29 is 29.0 Å². The standard InChI is InChI=1S/C12H21N3O6/c1-6(2)10(14-5-9(17)21-3)11(18)15-7(12(19)20)4-8(13)16/h6-7,10,14H,4-5H2,1-3H3,(H2,13,16)(H,15,18)(H,19,20)/t7-,10-/m0/s1. The zero-order valence-electron chi connectivity index (χ0n) is 12.2. The second-order valence-electron chi connectivity index (χ2n) is 4.75. The number of carboxylic acids is 1. The number of amides is 2. The highest BCUT2D eigenvalue weighted by molar-refractivity contribution is 5.90. The van der Waals surface area contributed by atoms with E-state index in [1.165, 1.54) is 7.11 Å². The van der Waals surface area contributed by atoms with Crippen LogP contribution in [-0.4, -0.2) is 54.6 Å². The number of carbonyl (C=O) groups is 4. The van der Waals surface area contributed by atoms with Crippen LogP contribution in [0.2, 0.25) is 0 Å². The molecule has 0 spiro atoms. The van der Waals surface area contributed by atoms with Gasteiger partial charge in [-0.3, -0.25) is 19.7 Å². The Labute approximate surface area is 122 Å². The van der Waals surface area contributed by atoms with Crippen molar-refractivity contribution in [1.82, 2.24) is 10.6 Å². The number of hydrogen-bond acceptors (Lipinski definition) is 6. The van der Waals surface area contributed by atoms with Crippen LogP contribution in [0.1, 0.15) is 20.3 Å². The fourth-order valence-electron chi connectivity index (χ4n) is 1.56. The second kappa shape index (κ2) is 8.90. The third-order valence-electron chi connectivity index (χ3n) is 2.66. The van der Waals surface area contributed by atoms with Gasteiger partial charge >= 0.3 is 11.9 Å². The summed E-state index contributed by atoms with van der Waals surface area (Å²) in [5.41, 5.74) is 4.93. The Morgan fingerprint density at radius 3 is 2.19 bits per heavy atom. The van der Waals surface area contributed by atoms with Crippen molar-refractivity contribution >= 4 is 23.8 Å². The van der Waals surface area contributed by atoms with Crippen LogP contribution in [-0.2, 0) is 23.9 Å². The number of nitrogens with two attached hydrogens (primary N) is 1. The van der Waals surface area contributed by atoms with Crippen molar-refractivity contribution in [2.45, 2.75) is 32.4 Å². The number of nitrogens with one attached hydrogen (secondary N) is 2. The van der Waals surface area contributed by atoms with Crippen LogP contribution in [0, 0.1) is 5.92 Å². The number of aliphatic carboxylic acids is 1. The van der Waals surface area contributed by atoms with Crippen LogP contribution < -0.4 is 16.4 Å². The summed E-state index contributed by atoms with van der Waals surface area (Å²) in [6, 6.07) is -2.21. The van der Waals surface area contributed by atoms with Crippen LogP contribution in [0.25, 0.3) is 0 Å². The highest BCUT2D eigenvalue weighted by Gasteiger charge is 2.28. The minimum atomic E-state index is -1.41. The van der Waals surface area contributed by atoms with Crippen LogP contribution in [0.15, 0.2) is 0 Å². The molecule has 0 bridgehead atoms. The molecular formula is C12H21N3O6. The van der Waals surface area contributed by atoms with Crippen LogP contribution in [0.5, 0.6) is 0 Å². The summed E-state index contributed by atoms with van der Waals surface area (Å²) in [6.45, 7) is 3.25. The molecule has 0 aromatic heterocycles. The Kier molecular flexibility index (Phi) is 7.99. The third-order valence-corrected chi connectivity index (χ3v) is 2.66. The lowest BCUT2D eigenvalue weighted by Gasteiger charge is -2.23. The summed E-state index contributed by atoms with van der Waals surface area (Å²) in [6.07, 6.45) is -0.511. The molecule has 0 heterocycles. The number of rotatable bonds is 9. The molecule has 0 aromatic rings. The Morgan fingerprint density at radius 1 is 1.24 bits per heavy atom. The predicted molar refractivity (Wildman–Crippen MR) is 72.0 cm³/mol. The molecule has 0 aromatic carbocycles. The van der Waals surface area contributed by atoms with Gasteiger partial charge in [0, 0.05) is 0 Å². The van der Waals surface area contributed by atoms with Crippen molar-refractivity contribution in [3.05, 3.63) is 0 Å². The van der Waals surface area contributed by atoms with Crippen molar-refractivity contribution in [2.75, 3.05) is 13.7 Å². The first-order valence-electron chi connectivity index (χ1n) is 6.30. The molecule has 120 valence electrons. The van der Waals surface area contributed by atoms with Gasteiger partial charge in [0.05, 0.1) is 26.1 Å². The zero-order chi connectivity index (χ0) is 16.6. The minimum Gasteiger partial charge on any atom is -0.480 e. The Morgan fingerprint density at radius 2 is 1.81 bits per heavy atom. The molecule has 21 heavy (non-hydrogen) atoms. The summed E-state index contributed by atoms with van der Waals surface area (Å²) in [5.74, 6) is -3.61. The predicted octanol–water partition coefficient (Wildman–Crippen LogP) is -1.78. The van der Waals surface area contributed by atoms with Crippen LogP contribution in [0.4, 0.5) is 0 Å². The lowest BCUT2D eigenvalue weighted by atomic mass is 10.0. The van der Waals surface area contributed by atoms with E-state index in [0.717, 1.165) is 0 Å². The van der Waals surface area contributed by atoms with Gasteiger partial charge in [-0.1, -0.05) is 13.8 Å². The van der Waals surface area contributed by atoms with Gasteiger partial charge < -0.3 is 20.9 Å². The Hall–Kier alpha value is -2.16. The molecule has 0 fully saturated rings. The molecule has 0 radical (unpaired) electrons. The van der Waals surface area contributed by atoms with Crippen LogP contribution in [0.3, 0.4) is 0 Å². The molecular weight excluding hydrogens is 282 g/mol. The Bertz CT molecular complexity index is 410. The normalized spacial score (nSPS) is 13.3. The lowest BCUT2D eigenvalue weighted by molar-refractivity contribution is -0.144. The van der Waals surface area contributed by atoms with Gasteiger partial charge in [0.25, 0.3) is 0 Å². The average Bonchev–Trinajstić information content (AvgIpc) is 2.36. The minimum absolute atomic E-state index is 0.194. The highest BCUT2D eigenvalue weighted by atomic mass is 16.5. The largest absolute Gasteiger partial charge is 0.480 e. The first kappa shape index (κ1) is 18.8. The number of carbonyl (C=O) groups excluding carboxylic acids is 3. The number of hydrogen-bond donors (Lipinski definition) is 4. The first-order valence-corrected chi connectivity index (χ1v) is 6.30. The molecule has 0 aliphatic heterocycles. The molecule has 2 atom stereocenters.